The fourth-order valence-corrected chi connectivity index (χ4v) is 2.74. The van der Waals surface area contributed by atoms with Crippen molar-refractivity contribution < 1.29 is 4.79 Å². The van der Waals surface area contributed by atoms with E-state index in [1.54, 1.807) is 0 Å². The highest BCUT2D eigenvalue weighted by Crippen LogP contribution is 2.54. The molecule has 0 bridgehead atoms. The smallest absolute Gasteiger partial charge is 0.238 e. The second-order valence-corrected chi connectivity index (χ2v) is 4.08. The van der Waals surface area contributed by atoms with Crippen molar-refractivity contribution in [2.24, 2.45) is 17.6 Å². The molecule has 2 saturated carbocycles. The first kappa shape index (κ1) is 8.05. The van der Waals surface area contributed by atoms with Crippen molar-refractivity contribution in [2.75, 3.05) is 7.05 Å². The van der Waals surface area contributed by atoms with Gasteiger partial charge in [0.15, 0.2) is 0 Å². The van der Waals surface area contributed by atoms with Crippen molar-refractivity contribution >= 4 is 5.91 Å². The lowest BCUT2D eigenvalue weighted by atomic mass is 9.81. The molecule has 3 N–H and O–H groups in total. The Hall–Kier alpha value is -0.570. The molecule has 3 nitrogen and oxygen atoms in total. The normalized spacial score (nSPS) is 45.1. The molecular formula is C9H16N2O. The largest absolute Gasteiger partial charge is 0.368 e. The average molecular weight is 168 g/mol. The van der Waals surface area contributed by atoms with Crippen molar-refractivity contribution in [3.63, 3.8) is 0 Å². The van der Waals surface area contributed by atoms with Gasteiger partial charge >= 0.3 is 0 Å². The Labute approximate surface area is 72.7 Å². The van der Waals surface area contributed by atoms with Crippen molar-refractivity contribution in [3.8, 4) is 0 Å². The van der Waals surface area contributed by atoms with Crippen LogP contribution in [0, 0.1) is 11.8 Å². The molecule has 3 atom stereocenters. The fraction of sp³-hybridized carbons (Fsp3) is 0.889. The summed E-state index contributed by atoms with van der Waals surface area (Å²) in [5, 5.41) is 3.13. The Morgan fingerprint density at radius 1 is 1.67 bits per heavy atom. The molecule has 0 aliphatic heterocycles. The summed E-state index contributed by atoms with van der Waals surface area (Å²) >= 11 is 0. The van der Waals surface area contributed by atoms with Gasteiger partial charge in [0.1, 0.15) is 5.54 Å². The molecule has 0 aromatic heterocycles. The number of carbonyl (C=O) groups excluding carboxylic acids is 1. The van der Waals surface area contributed by atoms with Gasteiger partial charge in [-0.2, -0.15) is 0 Å². The molecule has 0 aromatic carbocycles. The van der Waals surface area contributed by atoms with Crippen molar-refractivity contribution in [1.29, 1.82) is 0 Å². The van der Waals surface area contributed by atoms with Crippen LogP contribution in [0.15, 0.2) is 0 Å². The second kappa shape index (κ2) is 2.46. The van der Waals surface area contributed by atoms with Crippen molar-refractivity contribution in [3.05, 3.63) is 0 Å². The molecule has 0 aromatic rings. The van der Waals surface area contributed by atoms with Crippen molar-refractivity contribution in [2.45, 2.75) is 31.2 Å². The van der Waals surface area contributed by atoms with Gasteiger partial charge in [-0.25, -0.2) is 0 Å². The maximum Gasteiger partial charge on any atom is 0.238 e. The van der Waals surface area contributed by atoms with Gasteiger partial charge in [-0.3, -0.25) is 4.79 Å². The minimum Gasteiger partial charge on any atom is -0.368 e. The lowest BCUT2D eigenvalue weighted by Crippen LogP contribution is -2.57. The first-order valence-electron chi connectivity index (χ1n) is 4.69. The number of hydrogen-bond acceptors (Lipinski definition) is 2. The molecular weight excluding hydrogens is 152 g/mol. The van der Waals surface area contributed by atoms with Gasteiger partial charge in [-0.1, -0.05) is 12.8 Å². The Morgan fingerprint density at radius 2 is 2.42 bits per heavy atom. The first-order chi connectivity index (χ1) is 5.70. The van der Waals surface area contributed by atoms with Gasteiger partial charge in [0, 0.05) is 0 Å². The van der Waals surface area contributed by atoms with Gasteiger partial charge in [0.2, 0.25) is 5.91 Å². The van der Waals surface area contributed by atoms with E-state index < -0.39 is 0 Å². The summed E-state index contributed by atoms with van der Waals surface area (Å²) in [6.07, 6.45) is 4.57. The molecule has 0 saturated heterocycles. The maximum absolute atomic E-state index is 11.3. The zero-order valence-corrected chi connectivity index (χ0v) is 7.47. The van der Waals surface area contributed by atoms with E-state index in [0.29, 0.717) is 5.92 Å². The van der Waals surface area contributed by atoms with Crippen LogP contribution >= 0.6 is 0 Å². The predicted octanol–water partition coefficient (Wildman–Crippen LogP) is 0.250. The molecule has 68 valence electrons. The summed E-state index contributed by atoms with van der Waals surface area (Å²) < 4.78 is 0. The molecule has 0 radical (unpaired) electrons. The summed E-state index contributed by atoms with van der Waals surface area (Å²) in [5.41, 5.74) is 5.07. The molecule has 2 rings (SSSR count). The van der Waals surface area contributed by atoms with Crippen LogP contribution in [0.2, 0.25) is 0 Å². The van der Waals surface area contributed by atoms with Gasteiger partial charge < -0.3 is 11.1 Å². The van der Waals surface area contributed by atoms with E-state index in [2.05, 4.69) is 5.32 Å². The first-order valence-corrected chi connectivity index (χ1v) is 4.69. The number of amides is 1. The number of nitrogens with one attached hydrogen (secondary N) is 1. The van der Waals surface area contributed by atoms with Crippen molar-refractivity contribution in [1.82, 2.24) is 5.32 Å². The molecule has 0 spiro atoms. The summed E-state index contributed by atoms with van der Waals surface area (Å²) in [7, 11) is 1.85. The molecule has 0 heterocycles. The Bertz CT molecular complexity index is 217. The zero-order chi connectivity index (χ0) is 8.77. The number of primary amides is 1. The van der Waals surface area contributed by atoms with E-state index in [9.17, 15) is 4.79 Å². The summed E-state index contributed by atoms with van der Waals surface area (Å²) in [4.78, 5) is 11.3. The minimum absolute atomic E-state index is 0.155. The zero-order valence-electron chi connectivity index (χ0n) is 7.47. The third kappa shape index (κ3) is 0.891. The highest BCUT2D eigenvalue weighted by atomic mass is 16.1. The number of rotatable bonds is 2. The van der Waals surface area contributed by atoms with E-state index in [4.69, 9.17) is 5.73 Å². The number of carbonyl (C=O) groups is 1. The Balaban J connectivity index is 2.20. The van der Waals surface area contributed by atoms with E-state index in [1.807, 2.05) is 7.05 Å². The number of fused-ring (bicyclic) bond motifs is 1. The van der Waals surface area contributed by atoms with Gasteiger partial charge in [-0.05, 0) is 31.7 Å². The quantitative estimate of drug-likeness (QED) is 0.621. The highest BCUT2D eigenvalue weighted by Gasteiger charge is 2.57. The van der Waals surface area contributed by atoms with E-state index in [1.165, 1.54) is 12.8 Å². The van der Waals surface area contributed by atoms with Crippen LogP contribution in [0.1, 0.15) is 25.7 Å². The molecule has 2 aliphatic rings. The molecule has 1 amide bonds. The fourth-order valence-electron chi connectivity index (χ4n) is 2.74. The monoisotopic (exact) mass is 168 g/mol. The molecule has 12 heavy (non-hydrogen) atoms. The SMILES string of the molecule is CNC1(C(N)=O)CCCC2CC21. The second-order valence-electron chi connectivity index (χ2n) is 4.08. The summed E-state index contributed by atoms with van der Waals surface area (Å²) in [5.74, 6) is 1.16. The molecule has 2 fully saturated rings. The minimum atomic E-state index is -0.358. The van der Waals surface area contributed by atoms with Crippen LogP contribution in [0.25, 0.3) is 0 Å². The van der Waals surface area contributed by atoms with E-state index >= 15 is 0 Å². The lowest BCUT2D eigenvalue weighted by Gasteiger charge is -2.33. The van der Waals surface area contributed by atoms with Crippen LogP contribution in [-0.2, 0) is 4.79 Å². The summed E-state index contributed by atoms with van der Waals surface area (Å²) in [6.45, 7) is 0. The lowest BCUT2D eigenvalue weighted by molar-refractivity contribution is -0.126. The predicted molar refractivity (Wildman–Crippen MR) is 46.4 cm³/mol. The number of nitrogens with two attached hydrogens (primary N) is 1. The molecule has 2 aliphatic carbocycles. The van der Waals surface area contributed by atoms with E-state index in [-0.39, 0.29) is 11.4 Å². The van der Waals surface area contributed by atoms with E-state index in [0.717, 1.165) is 18.8 Å². The molecule has 3 unspecified atom stereocenters. The van der Waals surface area contributed by atoms with Crippen LogP contribution in [0.5, 0.6) is 0 Å². The topological polar surface area (TPSA) is 55.1 Å². The molecule has 3 heteroatoms. The Morgan fingerprint density at radius 3 is 2.92 bits per heavy atom. The van der Waals surface area contributed by atoms with Gasteiger partial charge in [-0.15, -0.1) is 0 Å². The standard InChI is InChI=1S/C9H16N2O/c1-11-9(8(10)12)4-2-3-6-5-7(6)9/h6-7,11H,2-5H2,1H3,(H2,10,12). The van der Waals surface area contributed by atoms with Gasteiger partial charge in [0.05, 0.1) is 0 Å². The third-order valence-electron chi connectivity index (χ3n) is 3.59. The average Bonchev–Trinajstić information content (AvgIpc) is 2.81. The van der Waals surface area contributed by atoms with Crippen LogP contribution in [0.4, 0.5) is 0 Å². The third-order valence-corrected chi connectivity index (χ3v) is 3.59. The Kier molecular flexibility index (Phi) is 1.65. The van der Waals surface area contributed by atoms with Crippen LogP contribution in [-0.4, -0.2) is 18.5 Å². The van der Waals surface area contributed by atoms with Crippen LogP contribution < -0.4 is 11.1 Å². The maximum atomic E-state index is 11.3. The number of hydrogen-bond donors (Lipinski definition) is 2. The summed E-state index contributed by atoms with van der Waals surface area (Å²) in [6, 6.07) is 0. The van der Waals surface area contributed by atoms with Gasteiger partial charge in [0.25, 0.3) is 0 Å². The van der Waals surface area contributed by atoms with Crippen LogP contribution in [0.3, 0.4) is 0 Å². The number of likely N-dealkylation sites (N-methyl/N-ethyl adjacent to an activating group) is 1. The highest BCUT2D eigenvalue weighted by molar-refractivity contribution is 5.85.